The van der Waals surface area contributed by atoms with Gasteiger partial charge in [0.25, 0.3) is 0 Å². The minimum atomic E-state index is 0.490. The molecule has 0 amide bonds. The SMILES string of the molecule is O=C1C[C@@H]2CCC[C@@H]1C2. The molecule has 0 aliphatic heterocycles. The first-order valence-corrected chi connectivity index (χ1v) is 3.89. The first-order chi connectivity index (χ1) is 4.36. The lowest BCUT2D eigenvalue weighted by atomic mass is 9.89. The van der Waals surface area contributed by atoms with Crippen LogP contribution in [0.25, 0.3) is 0 Å². The normalized spacial score (nSPS) is 41.6. The van der Waals surface area contributed by atoms with Crippen molar-refractivity contribution in [2.75, 3.05) is 0 Å². The molecule has 0 heterocycles. The summed E-state index contributed by atoms with van der Waals surface area (Å²) < 4.78 is 0. The molecule has 0 radical (unpaired) electrons. The van der Waals surface area contributed by atoms with Crippen LogP contribution in [0.4, 0.5) is 0 Å². The molecule has 1 nitrogen and oxygen atoms in total. The van der Waals surface area contributed by atoms with Gasteiger partial charge < -0.3 is 0 Å². The van der Waals surface area contributed by atoms with Crippen molar-refractivity contribution in [3.63, 3.8) is 0 Å². The van der Waals surface area contributed by atoms with Gasteiger partial charge in [-0.3, -0.25) is 4.79 Å². The molecule has 2 fully saturated rings. The number of hydrogen-bond donors (Lipinski definition) is 0. The van der Waals surface area contributed by atoms with Gasteiger partial charge in [0.15, 0.2) is 0 Å². The lowest BCUT2D eigenvalue weighted by molar-refractivity contribution is -0.120. The van der Waals surface area contributed by atoms with Crippen LogP contribution in [-0.4, -0.2) is 5.78 Å². The molecule has 0 aromatic carbocycles. The van der Waals surface area contributed by atoms with Gasteiger partial charge in [-0.15, -0.1) is 0 Å². The fourth-order valence-electron chi connectivity index (χ4n) is 2.22. The highest BCUT2D eigenvalue weighted by molar-refractivity contribution is 5.83. The minimum Gasteiger partial charge on any atom is -0.299 e. The second-order valence-corrected chi connectivity index (χ2v) is 3.40. The van der Waals surface area contributed by atoms with Crippen LogP contribution in [0, 0.1) is 11.8 Å². The second kappa shape index (κ2) is 1.83. The largest absolute Gasteiger partial charge is 0.299 e. The van der Waals surface area contributed by atoms with Gasteiger partial charge in [-0.05, 0) is 25.2 Å². The molecule has 2 aliphatic rings. The highest BCUT2D eigenvalue weighted by Crippen LogP contribution is 2.39. The Hall–Kier alpha value is -0.330. The maximum absolute atomic E-state index is 11.1. The van der Waals surface area contributed by atoms with Gasteiger partial charge in [0, 0.05) is 12.3 Å². The molecule has 9 heavy (non-hydrogen) atoms. The minimum absolute atomic E-state index is 0.490. The summed E-state index contributed by atoms with van der Waals surface area (Å²) in [7, 11) is 0. The van der Waals surface area contributed by atoms with E-state index < -0.39 is 0 Å². The number of rotatable bonds is 0. The van der Waals surface area contributed by atoms with Crippen molar-refractivity contribution >= 4 is 5.78 Å². The van der Waals surface area contributed by atoms with Crippen molar-refractivity contribution in [3.8, 4) is 0 Å². The summed E-state index contributed by atoms with van der Waals surface area (Å²) in [5.74, 6) is 1.83. The van der Waals surface area contributed by atoms with E-state index in [-0.39, 0.29) is 0 Å². The predicted octanol–water partition coefficient (Wildman–Crippen LogP) is 1.77. The highest BCUT2D eigenvalue weighted by atomic mass is 16.1. The molecule has 0 saturated heterocycles. The number of Topliss-reactive ketones (excluding diaryl/α,β-unsaturated/α-hetero) is 1. The predicted molar refractivity (Wildman–Crippen MR) is 35.1 cm³/mol. The van der Waals surface area contributed by atoms with Crippen LogP contribution in [0.3, 0.4) is 0 Å². The van der Waals surface area contributed by atoms with Crippen LogP contribution >= 0.6 is 0 Å². The van der Waals surface area contributed by atoms with E-state index in [4.69, 9.17) is 0 Å². The molecule has 2 bridgehead atoms. The van der Waals surface area contributed by atoms with Crippen LogP contribution in [0.1, 0.15) is 32.1 Å². The van der Waals surface area contributed by atoms with E-state index in [1.807, 2.05) is 0 Å². The molecular formula is C8H12O. The van der Waals surface area contributed by atoms with Crippen LogP contribution in [0.15, 0.2) is 0 Å². The van der Waals surface area contributed by atoms with Crippen molar-refractivity contribution < 1.29 is 4.79 Å². The summed E-state index contributed by atoms with van der Waals surface area (Å²) in [6, 6.07) is 0. The standard InChI is InChI=1S/C8H12O/c9-8-5-6-2-1-3-7(8)4-6/h6-7H,1-5H2/t6-,7-/m1/s1. The van der Waals surface area contributed by atoms with Crippen molar-refractivity contribution in [1.29, 1.82) is 0 Å². The van der Waals surface area contributed by atoms with E-state index in [1.165, 1.54) is 25.7 Å². The maximum atomic E-state index is 11.1. The summed E-state index contributed by atoms with van der Waals surface area (Å²) in [6.07, 6.45) is 5.95. The Labute approximate surface area is 55.4 Å². The molecule has 2 saturated carbocycles. The van der Waals surface area contributed by atoms with Gasteiger partial charge in [0.05, 0.1) is 0 Å². The Bertz CT molecular complexity index is 140. The van der Waals surface area contributed by atoms with Crippen LogP contribution in [0.5, 0.6) is 0 Å². The molecule has 50 valence electrons. The fraction of sp³-hybridized carbons (Fsp3) is 0.875. The van der Waals surface area contributed by atoms with Crippen molar-refractivity contribution in [1.82, 2.24) is 0 Å². The third kappa shape index (κ3) is 0.790. The molecule has 2 rings (SSSR count). The Morgan fingerprint density at radius 3 is 2.89 bits per heavy atom. The monoisotopic (exact) mass is 124 g/mol. The van der Waals surface area contributed by atoms with E-state index in [0.717, 1.165) is 12.3 Å². The molecule has 0 N–H and O–H groups in total. The van der Waals surface area contributed by atoms with E-state index in [9.17, 15) is 4.79 Å². The quantitative estimate of drug-likeness (QED) is 0.481. The average molecular weight is 124 g/mol. The first-order valence-electron chi connectivity index (χ1n) is 3.89. The summed E-state index contributed by atoms with van der Waals surface area (Å²) in [4.78, 5) is 11.1. The van der Waals surface area contributed by atoms with Crippen LogP contribution in [-0.2, 0) is 4.79 Å². The van der Waals surface area contributed by atoms with E-state index in [0.29, 0.717) is 11.7 Å². The summed E-state index contributed by atoms with van der Waals surface area (Å²) in [6.45, 7) is 0. The second-order valence-electron chi connectivity index (χ2n) is 3.40. The first kappa shape index (κ1) is 5.45. The zero-order valence-electron chi connectivity index (χ0n) is 5.60. The number of hydrogen-bond acceptors (Lipinski definition) is 1. The van der Waals surface area contributed by atoms with Gasteiger partial charge in [-0.2, -0.15) is 0 Å². The maximum Gasteiger partial charge on any atom is 0.136 e. The van der Waals surface area contributed by atoms with Crippen LogP contribution in [0.2, 0.25) is 0 Å². The average Bonchev–Trinajstić information content (AvgIpc) is 2.09. The third-order valence-electron chi connectivity index (χ3n) is 2.73. The van der Waals surface area contributed by atoms with Crippen molar-refractivity contribution in [2.24, 2.45) is 11.8 Å². The van der Waals surface area contributed by atoms with E-state index in [1.54, 1.807) is 0 Å². The molecule has 0 aromatic rings. The zero-order chi connectivity index (χ0) is 6.27. The Balaban J connectivity index is 2.15. The van der Waals surface area contributed by atoms with E-state index >= 15 is 0 Å². The molecule has 0 spiro atoms. The van der Waals surface area contributed by atoms with Gasteiger partial charge in [0.1, 0.15) is 5.78 Å². The number of carbonyl (C=O) groups excluding carboxylic acids is 1. The Kier molecular flexibility index (Phi) is 1.11. The van der Waals surface area contributed by atoms with Crippen molar-refractivity contribution in [2.45, 2.75) is 32.1 Å². The Morgan fingerprint density at radius 1 is 1.33 bits per heavy atom. The Morgan fingerprint density at radius 2 is 2.22 bits per heavy atom. The van der Waals surface area contributed by atoms with Gasteiger partial charge in [-0.25, -0.2) is 0 Å². The van der Waals surface area contributed by atoms with E-state index in [2.05, 4.69) is 0 Å². The zero-order valence-corrected chi connectivity index (χ0v) is 5.60. The molecule has 0 unspecified atom stereocenters. The smallest absolute Gasteiger partial charge is 0.136 e. The van der Waals surface area contributed by atoms with Gasteiger partial charge >= 0.3 is 0 Å². The van der Waals surface area contributed by atoms with Gasteiger partial charge in [0.2, 0.25) is 0 Å². The van der Waals surface area contributed by atoms with Crippen LogP contribution < -0.4 is 0 Å². The lowest BCUT2D eigenvalue weighted by Gasteiger charge is -2.15. The fourth-order valence-corrected chi connectivity index (χ4v) is 2.22. The number of carbonyl (C=O) groups is 1. The molecular weight excluding hydrogens is 112 g/mol. The lowest BCUT2D eigenvalue weighted by Crippen LogP contribution is -2.07. The highest BCUT2D eigenvalue weighted by Gasteiger charge is 2.34. The van der Waals surface area contributed by atoms with Gasteiger partial charge in [-0.1, -0.05) is 6.42 Å². The molecule has 1 heteroatoms. The third-order valence-corrected chi connectivity index (χ3v) is 2.73. The number of fused-ring (bicyclic) bond motifs is 2. The molecule has 0 aromatic heterocycles. The molecule has 2 aliphatic carbocycles. The molecule has 2 atom stereocenters. The summed E-state index contributed by atoms with van der Waals surface area (Å²) >= 11 is 0. The number of ketones is 1. The summed E-state index contributed by atoms with van der Waals surface area (Å²) in [5, 5.41) is 0. The van der Waals surface area contributed by atoms with Crippen molar-refractivity contribution in [3.05, 3.63) is 0 Å². The summed E-state index contributed by atoms with van der Waals surface area (Å²) in [5.41, 5.74) is 0. The topological polar surface area (TPSA) is 17.1 Å².